The summed E-state index contributed by atoms with van der Waals surface area (Å²) in [5, 5.41) is 0.198. The molecule has 0 spiro atoms. The van der Waals surface area contributed by atoms with E-state index in [-0.39, 0.29) is 11.5 Å². The average molecular weight is 207 g/mol. The first-order chi connectivity index (χ1) is 6.79. The second-order valence-electron chi connectivity index (χ2n) is 2.49. The molecule has 2 rings (SSSR count). The van der Waals surface area contributed by atoms with Crippen molar-refractivity contribution in [3.63, 3.8) is 0 Å². The maximum Gasteiger partial charge on any atom is 0.378 e. The van der Waals surface area contributed by atoms with Crippen molar-refractivity contribution in [2.24, 2.45) is 0 Å². The van der Waals surface area contributed by atoms with Crippen molar-refractivity contribution in [3.8, 4) is 5.19 Å². The minimum atomic E-state index is -0.927. The normalized spacial score (nSPS) is 10.0. The Morgan fingerprint density at radius 2 is 2.21 bits per heavy atom. The van der Waals surface area contributed by atoms with Crippen LogP contribution in [0.3, 0.4) is 0 Å². The van der Waals surface area contributed by atoms with Crippen molar-refractivity contribution in [1.29, 1.82) is 0 Å². The number of nitrogens with zero attached hydrogens (tertiary/aromatic N) is 1. The van der Waals surface area contributed by atoms with Gasteiger partial charge in [0.25, 0.3) is 5.19 Å². The number of ether oxygens (including phenoxy) is 1. The number of hydrogen-bond acceptors (Lipinski definition) is 5. The average Bonchev–Trinajstić information content (AvgIpc) is 2.59. The fraction of sp³-hybridized carbons (Fsp3) is 0. The Balaban J connectivity index is 2.35. The third kappa shape index (κ3) is 1.62. The molecule has 0 radical (unpaired) electrons. The molecule has 0 aliphatic rings. The number of fused-ring (bicyclic) bond motifs is 1. The Bertz CT molecular complexity index is 459. The van der Waals surface area contributed by atoms with Gasteiger partial charge in [0.15, 0.2) is 0 Å². The van der Waals surface area contributed by atoms with Crippen LogP contribution in [0.25, 0.3) is 10.2 Å². The molecule has 0 fully saturated rings. The smallest absolute Gasteiger partial charge is 0.378 e. The summed E-state index contributed by atoms with van der Waals surface area (Å²) in [5.74, 6) is -0.927. The van der Waals surface area contributed by atoms with E-state index in [1.165, 1.54) is 11.3 Å². The molecule has 1 aromatic carbocycles. The van der Waals surface area contributed by atoms with Gasteiger partial charge in [-0.3, -0.25) is 4.79 Å². The predicted molar refractivity (Wildman–Crippen MR) is 51.3 cm³/mol. The highest BCUT2D eigenvalue weighted by Gasteiger charge is 2.07. The molecule has 14 heavy (non-hydrogen) atoms. The van der Waals surface area contributed by atoms with Gasteiger partial charge in [0, 0.05) is 0 Å². The van der Waals surface area contributed by atoms with Gasteiger partial charge in [0.05, 0.1) is 10.2 Å². The zero-order valence-electron chi connectivity index (χ0n) is 6.97. The van der Waals surface area contributed by atoms with E-state index >= 15 is 0 Å². The van der Waals surface area contributed by atoms with E-state index in [1.807, 2.05) is 24.3 Å². The van der Waals surface area contributed by atoms with Crippen LogP contribution in [-0.4, -0.2) is 17.2 Å². The van der Waals surface area contributed by atoms with E-state index in [0.717, 1.165) is 10.2 Å². The summed E-state index contributed by atoms with van der Waals surface area (Å²) in [4.78, 5) is 24.7. The van der Waals surface area contributed by atoms with Crippen molar-refractivity contribution in [3.05, 3.63) is 24.3 Å². The Labute approximate surface area is 83.1 Å². The highest BCUT2D eigenvalue weighted by atomic mass is 32.1. The molecule has 0 unspecified atom stereocenters. The van der Waals surface area contributed by atoms with Crippen LogP contribution in [0.2, 0.25) is 0 Å². The van der Waals surface area contributed by atoms with Gasteiger partial charge in [-0.25, -0.2) is 9.78 Å². The molecular weight excluding hydrogens is 202 g/mol. The predicted octanol–water partition coefficient (Wildman–Crippen LogP) is 1.40. The van der Waals surface area contributed by atoms with Crippen LogP contribution in [0.15, 0.2) is 24.3 Å². The zero-order valence-corrected chi connectivity index (χ0v) is 7.78. The van der Waals surface area contributed by atoms with Crippen LogP contribution in [0.4, 0.5) is 0 Å². The number of aldehydes is 1. The number of thiazole rings is 1. The Morgan fingerprint density at radius 1 is 1.43 bits per heavy atom. The van der Waals surface area contributed by atoms with Gasteiger partial charge in [-0.05, 0) is 12.1 Å². The third-order valence-corrected chi connectivity index (χ3v) is 2.47. The molecule has 0 saturated carbocycles. The van der Waals surface area contributed by atoms with Crippen molar-refractivity contribution in [2.45, 2.75) is 0 Å². The molecule has 1 heterocycles. The molecule has 0 saturated heterocycles. The highest BCUT2D eigenvalue weighted by molar-refractivity contribution is 7.20. The summed E-state index contributed by atoms with van der Waals surface area (Å²) in [6, 6.07) is 7.38. The molecule has 0 amide bonds. The number of hydrogen-bond donors (Lipinski definition) is 0. The van der Waals surface area contributed by atoms with E-state index in [4.69, 9.17) is 0 Å². The molecule has 0 aliphatic carbocycles. The number of esters is 1. The fourth-order valence-electron chi connectivity index (χ4n) is 1.00. The minimum absolute atomic E-state index is 0.117. The first-order valence-electron chi connectivity index (χ1n) is 3.82. The first kappa shape index (κ1) is 8.83. The first-order valence-corrected chi connectivity index (χ1v) is 4.64. The lowest BCUT2D eigenvalue weighted by Gasteiger charge is -1.89. The highest BCUT2D eigenvalue weighted by Crippen LogP contribution is 2.26. The second-order valence-corrected chi connectivity index (χ2v) is 3.48. The molecule has 0 aliphatic heterocycles. The number of para-hydroxylation sites is 1. The topological polar surface area (TPSA) is 56.3 Å². The monoisotopic (exact) mass is 207 g/mol. The van der Waals surface area contributed by atoms with E-state index in [2.05, 4.69) is 9.72 Å². The summed E-state index contributed by atoms with van der Waals surface area (Å²) in [6.07, 6.45) is 0.117. The molecular formula is C9H5NO3S. The lowest BCUT2D eigenvalue weighted by atomic mass is 10.3. The minimum Gasteiger partial charge on any atom is -0.392 e. The maximum atomic E-state index is 10.6. The number of carbonyl (C=O) groups is 2. The van der Waals surface area contributed by atoms with Crippen LogP contribution in [0.5, 0.6) is 5.19 Å². The van der Waals surface area contributed by atoms with Gasteiger partial charge < -0.3 is 4.74 Å². The second kappa shape index (κ2) is 3.55. The van der Waals surface area contributed by atoms with E-state index in [0.29, 0.717) is 0 Å². The summed E-state index contributed by atoms with van der Waals surface area (Å²) in [6.45, 7) is 0. The third-order valence-electron chi connectivity index (χ3n) is 1.56. The van der Waals surface area contributed by atoms with Gasteiger partial charge in [0.1, 0.15) is 0 Å². The van der Waals surface area contributed by atoms with Gasteiger partial charge in [-0.2, -0.15) is 0 Å². The Morgan fingerprint density at radius 3 is 2.93 bits per heavy atom. The quantitative estimate of drug-likeness (QED) is 0.424. The SMILES string of the molecule is O=CC(=O)Oc1nc2ccccc2s1. The summed E-state index contributed by atoms with van der Waals surface area (Å²) >= 11 is 1.23. The van der Waals surface area contributed by atoms with E-state index < -0.39 is 5.97 Å². The van der Waals surface area contributed by atoms with E-state index in [9.17, 15) is 9.59 Å². The largest absolute Gasteiger partial charge is 0.392 e. The van der Waals surface area contributed by atoms with Crippen molar-refractivity contribution in [2.75, 3.05) is 0 Å². The van der Waals surface area contributed by atoms with Crippen LogP contribution >= 0.6 is 11.3 Å². The number of aromatic nitrogens is 1. The molecule has 4 nitrogen and oxygen atoms in total. The van der Waals surface area contributed by atoms with Crippen LogP contribution in [-0.2, 0) is 9.59 Å². The summed E-state index contributed by atoms with van der Waals surface area (Å²) < 4.78 is 5.57. The van der Waals surface area contributed by atoms with Crippen molar-refractivity contribution >= 4 is 33.8 Å². The molecule has 0 bridgehead atoms. The van der Waals surface area contributed by atoms with Gasteiger partial charge >= 0.3 is 5.97 Å². The van der Waals surface area contributed by atoms with Crippen LogP contribution in [0.1, 0.15) is 0 Å². The maximum absolute atomic E-state index is 10.6. The zero-order chi connectivity index (χ0) is 9.97. The molecule has 5 heteroatoms. The Kier molecular flexibility index (Phi) is 2.24. The van der Waals surface area contributed by atoms with Crippen LogP contribution in [0, 0.1) is 0 Å². The standard InChI is InChI=1S/C9H5NO3S/c11-5-8(12)13-9-10-6-3-1-2-4-7(6)14-9/h1-5H. The lowest BCUT2D eigenvalue weighted by molar-refractivity contribution is -0.141. The number of carbonyl (C=O) groups excluding carboxylic acids is 2. The molecule has 70 valence electrons. The van der Waals surface area contributed by atoms with E-state index in [1.54, 1.807) is 0 Å². The van der Waals surface area contributed by atoms with Gasteiger partial charge in [-0.1, -0.05) is 23.5 Å². The molecule has 0 N–H and O–H groups in total. The number of rotatable bonds is 2. The summed E-state index contributed by atoms with van der Waals surface area (Å²) in [7, 11) is 0. The fourth-order valence-corrected chi connectivity index (χ4v) is 1.83. The number of benzene rings is 1. The lowest BCUT2D eigenvalue weighted by Crippen LogP contribution is -2.07. The molecule has 2 aromatic rings. The molecule has 0 atom stereocenters. The van der Waals surface area contributed by atoms with Gasteiger partial charge in [0.2, 0.25) is 6.29 Å². The van der Waals surface area contributed by atoms with Crippen molar-refractivity contribution < 1.29 is 14.3 Å². The molecule has 1 aromatic heterocycles. The summed E-state index contributed by atoms with van der Waals surface area (Å²) in [5.41, 5.74) is 0.756. The van der Waals surface area contributed by atoms with Crippen LogP contribution < -0.4 is 4.74 Å². The Hall–Kier alpha value is -1.75. The van der Waals surface area contributed by atoms with Gasteiger partial charge in [-0.15, -0.1) is 0 Å². The van der Waals surface area contributed by atoms with Crippen molar-refractivity contribution in [1.82, 2.24) is 4.98 Å².